The molecule has 0 aliphatic rings. The van der Waals surface area contributed by atoms with Crippen molar-refractivity contribution in [1.29, 1.82) is 0 Å². The van der Waals surface area contributed by atoms with E-state index in [2.05, 4.69) is 60.4 Å². The van der Waals surface area contributed by atoms with Crippen molar-refractivity contribution in [2.24, 2.45) is 0 Å². The van der Waals surface area contributed by atoms with Crippen molar-refractivity contribution in [2.45, 2.75) is 105 Å². The molecule has 0 aromatic carbocycles. The van der Waals surface area contributed by atoms with Gasteiger partial charge in [-0.2, -0.15) is 0 Å². The summed E-state index contributed by atoms with van der Waals surface area (Å²) < 4.78 is 0. The Hall–Kier alpha value is -1.91. The van der Waals surface area contributed by atoms with E-state index in [9.17, 15) is 9.59 Å². The number of aromatic nitrogens is 1. The Balaban J connectivity index is 3.12. The van der Waals surface area contributed by atoms with Crippen LogP contribution in [-0.4, -0.2) is 50.8 Å². The summed E-state index contributed by atoms with van der Waals surface area (Å²) in [7, 11) is 0. The molecule has 0 aliphatic carbocycles. The van der Waals surface area contributed by atoms with Crippen LogP contribution in [-0.2, 0) is 0 Å². The Morgan fingerprint density at radius 2 is 1.14 bits per heavy atom. The minimum absolute atomic E-state index is 0.0177. The third kappa shape index (κ3) is 5.55. The van der Waals surface area contributed by atoms with E-state index >= 15 is 0 Å². The van der Waals surface area contributed by atoms with Crippen molar-refractivity contribution >= 4 is 11.8 Å². The average Bonchev–Trinajstić information content (AvgIpc) is 2.72. The van der Waals surface area contributed by atoms with Gasteiger partial charge in [0.05, 0.1) is 5.56 Å². The topological polar surface area (TPSA) is 53.5 Å². The van der Waals surface area contributed by atoms with Crippen LogP contribution < -0.4 is 0 Å². The molecule has 28 heavy (non-hydrogen) atoms. The predicted molar refractivity (Wildman–Crippen MR) is 116 cm³/mol. The lowest BCUT2D eigenvalue weighted by Gasteiger charge is -2.34. The van der Waals surface area contributed by atoms with E-state index < -0.39 is 0 Å². The lowest BCUT2D eigenvalue weighted by molar-refractivity contribution is 0.0580. The lowest BCUT2D eigenvalue weighted by atomic mass is 10.1. The second kappa shape index (κ2) is 11.2. The van der Waals surface area contributed by atoms with E-state index in [0.29, 0.717) is 11.3 Å². The van der Waals surface area contributed by atoms with Crippen LogP contribution in [0.15, 0.2) is 18.3 Å². The molecule has 0 bridgehead atoms. The van der Waals surface area contributed by atoms with E-state index in [4.69, 9.17) is 0 Å². The molecule has 0 radical (unpaired) electrons. The molecule has 2 amide bonds. The van der Waals surface area contributed by atoms with Crippen LogP contribution in [0.3, 0.4) is 0 Å². The predicted octanol–water partition coefficient (Wildman–Crippen LogP) is 5.16. The second-order valence-electron chi connectivity index (χ2n) is 7.89. The normalized spacial score (nSPS) is 15.4. The quantitative estimate of drug-likeness (QED) is 0.555. The van der Waals surface area contributed by atoms with E-state index in [0.717, 1.165) is 25.7 Å². The van der Waals surface area contributed by atoms with Gasteiger partial charge in [-0.1, -0.05) is 27.7 Å². The molecule has 0 spiro atoms. The number of rotatable bonds is 10. The van der Waals surface area contributed by atoms with Gasteiger partial charge in [-0.15, -0.1) is 0 Å². The summed E-state index contributed by atoms with van der Waals surface area (Å²) in [6.45, 7) is 16.6. The zero-order chi connectivity index (χ0) is 21.4. The van der Waals surface area contributed by atoms with Crippen LogP contribution in [0.25, 0.3) is 0 Å². The summed E-state index contributed by atoms with van der Waals surface area (Å²) in [5.74, 6) is -0.0840. The third-order valence-electron chi connectivity index (χ3n) is 5.96. The highest BCUT2D eigenvalue weighted by atomic mass is 16.2. The molecule has 1 heterocycles. The van der Waals surface area contributed by atoms with E-state index in [1.807, 2.05) is 9.80 Å². The molecular weight excluding hydrogens is 350 g/mol. The Labute approximate surface area is 171 Å². The number of nitrogens with zero attached hydrogens (tertiary/aromatic N) is 3. The molecule has 0 saturated carbocycles. The molecule has 1 aromatic heterocycles. The monoisotopic (exact) mass is 389 g/mol. The summed E-state index contributed by atoms with van der Waals surface area (Å²) >= 11 is 0. The molecular formula is C23H39N3O2. The fourth-order valence-electron chi connectivity index (χ4n) is 3.38. The summed E-state index contributed by atoms with van der Waals surface area (Å²) in [4.78, 5) is 34.3. The van der Waals surface area contributed by atoms with Crippen LogP contribution in [0.4, 0.5) is 0 Å². The van der Waals surface area contributed by atoms with Gasteiger partial charge in [-0.05, 0) is 65.5 Å². The van der Waals surface area contributed by atoms with Crippen molar-refractivity contribution in [3.63, 3.8) is 0 Å². The van der Waals surface area contributed by atoms with Gasteiger partial charge in [0.2, 0.25) is 0 Å². The van der Waals surface area contributed by atoms with Gasteiger partial charge in [0, 0.05) is 30.4 Å². The molecule has 1 rings (SSSR count). The van der Waals surface area contributed by atoms with Crippen molar-refractivity contribution in [3.05, 3.63) is 29.6 Å². The molecule has 4 atom stereocenters. The standard InChI is InChI=1S/C23H39N3O2/c1-9-16(5)25(17(6)10-2)22(27)20-13-14-21(24-15-20)23(28)26(18(7)11-3)19(8)12-4/h13-19H,9-12H2,1-8H3. The number of amides is 2. The van der Waals surface area contributed by atoms with Crippen LogP contribution in [0.5, 0.6) is 0 Å². The van der Waals surface area contributed by atoms with Gasteiger partial charge in [0.25, 0.3) is 11.8 Å². The molecule has 4 unspecified atom stereocenters. The van der Waals surface area contributed by atoms with Gasteiger partial charge in [0.15, 0.2) is 0 Å². The first kappa shape index (κ1) is 24.1. The molecule has 0 fully saturated rings. The molecule has 0 saturated heterocycles. The van der Waals surface area contributed by atoms with Gasteiger partial charge in [-0.25, -0.2) is 0 Å². The minimum Gasteiger partial charge on any atom is -0.333 e. The number of pyridine rings is 1. The maximum Gasteiger partial charge on any atom is 0.272 e. The fourth-order valence-corrected chi connectivity index (χ4v) is 3.38. The van der Waals surface area contributed by atoms with E-state index in [1.54, 1.807) is 18.3 Å². The van der Waals surface area contributed by atoms with Gasteiger partial charge in [0.1, 0.15) is 5.69 Å². The van der Waals surface area contributed by atoms with Crippen molar-refractivity contribution in [3.8, 4) is 0 Å². The first-order chi connectivity index (χ1) is 13.2. The van der Waals surface area contributed by atoms with Gasteiger partial charge >= 0.3 is 0 Å². The number of carbonyl (C=O) groups excluding carboxylic acids is 2. The van der Waals surface area contributed by atoms with Crippen molar-refractivity contribution < 1.29 is 9.59 Å². The SMILES string of the molecule is CCC(C)N(C(=O)c1ccc(C(=O)N(C(C)CC)C(C)CC)nc1)C(C)CC. The number of hydrogen-bond donors (Lipinski definition) is 0. The highest BCUT2D eigenvalue weighted by Gasteiger charge is 2.27. The molecule has 1 aromatic rings. The second-order valence-corrected chi connectivity index (χ2v) is 7.89. The van der Waals surface area contributed by atoms with Crippen LogP contribution in [0, 0.1) is 0 Å². The maximum absolute atomic E-state index is 13.1. The first-order valence-electron chi connectivity index (χ1n) is 10.8. The van der Waals surface area contributed by atoms with Crippen molar-refractivity contribution in [1.82, 2.24) is 14.8 Å². The molecule has 0 N–H and O–H groups in total. The van der Waals surface area contributed by atoms with Gasteiger partial charge < -0.3 is 9.80 Å². The largest absolute Gasteiger partial charge is 0.333 e. The fraction of sp³-hybridized carbons (Fsp3) is 0.696. The first-order valence-corrected chi connectivity index (χ1v) is 10.8. The summed E-state index contributed by atoms with van der Waals surface area (Å²) in [6, 6.07) is 4.06. The van der Waals surface area contributed by atoms with Crippen LogP contribution in [0.2, 0.25) is 0 Å². The Kier molecular flexibility index (Phi) is 9.63. The van der Waals surface area contributed by atoms with Crippen molar-refractivity contribution in [2.75, 3.05) is 0 Å². The molecule has 5 nitrogen and oxygen atoms in total. The van der Waals surface area contributed by atoms with Crippen LogP contribution in [0.1, 0.15) is 102 Å². The summed E-state index contributed by atoms with van der Waals surface area (Å²) in [6.07, 6.45) is 5.15. The third-order valence-corrected chi connectivity index (χ3v) is 5.96. The smallest absolute Gasteiger partial charge is 0.272 e. The highest BCUT2D eigenvalue weighted by Crippen LogP contribution is 2.18. The Morgan fingerprint density at radius 1 is 0.750 bits per heavy atom. The van der Waals surface area contributed by atoms with E-state index in [-0.39, 0.29) is 36.0 Å². The van der Waals surface area contributed by atoms with Gasteiger partial charge in [-0.3, -0.25) is 14.6 Å². The maximum atomic E-state index is 13.1. The molecule has 158 valence electrons. The Morgan fingerprint density at radius 3 is 1.46 bits per heavy atom. The number of carbonyl (C=O) groups is 2. The average molecular weight is 390 g/mol. The molecule has 5 heteroatoms. The Bertz CT molecular complexity index is 554. The summed E-state index contributed by atoms with van der Waals surface area (Å²) in [5.41, 5.74) is 0.937. The number of hydrogen-bond acceptors (Lipinski definition) is 3. The van der Waals surface area contributed by atoms with Crippen LogP contribution >= 0.6 is 0 Å². The zero-order valence-electron chi connectivity index (χ0n) is 19.0. The minimum atomic E-state index is -0.0663. The molecule has 0 aliphatic heterocycles. The lowest BCUT2D eigenvalue weighted by Crippen LogP contribution is -2.45. The summed E-state index contributed by atoms with van der Waals surface area (Å²) in [5, 5.41) is 0. The van der Waals surface area contributed by atoms with E-state index in [1.165, 1.54) is 0 Å². The zero-order valence-corrected chi connectivity index (χ0v) is 19.0. The highest BCUT2D eigenvalue weighted by molar-refractivity contribution is 5.96.